The average molecular weight is 393 g/mol. The zero-order valence-electron chi connectivity index (χ0n) is 13.3. The van der Waals surface area contributed by atoms with Gasteiger partial charge in [0.1, 0.15) is 0 Å². The Morgan fingerprint density at radius 3 is 1.70 bits per heavy atom. The van der Waals surface area contributed by atoms with Crippen molar-refractivity contribution in [2.24, 2.45) is 0 Å². The van der Waals surface area contributed by atoms with Gasteiger partial charge >= 0.3 is 26.2 Å². The Labute approximate surface area is 156 Å². The number of hydrogen-bond acceptors (Lipinski definition) is 0. The van der Waals surface area contributed by atoms with E-state index in [0.717, 1.165) is 0 Å². The third kappa shape index (κ3) is 8.01. The molecular formula is C17H26Cl2Zr. The summed E-state index contributed by atoms with van der Waals surface area (Å²) in [5.41, 5.74) is 7.70. The Morgan fingerprint density at radius 2 is 1.45 bits per heavy atom. The van der Waals surface area contributed by atoms with E-state index >= 15 is 0 Å². The molecule has 0 aliphatic heterocycles. The standard InChI is InChI=1S/C9H14.C8H12.2ClH.Zr/c1-6-5-7(2)9(4)8(6)3;1-2-5-8-6-3-4-7-8;;;/h5H2,1-4H3;3-4,6H,2,5,7H2,1H3;2*1H;/q;;;;+2/p-2. The second kappa shape index (κ2) is 13.1. The summed E-state index contributed by atoms with van der Waals surface area (Å²) in [7, 11) is 0. The van der Waals surface area contributed by atoms with E-state index in [4.69, 9.17) is 0 Å². The van der Waals surface area contributed by atoms with Gasteiger partial charge in [0.15, 0.2) is 0 Å². The van der Waals surface area contributed by atoms with Crippen LogP contribution in [0, 0.1) is 0 Å². The summed E-state index contributed by atoms with van der Waals surface area (Å²) >= 11 is 0. The molecule has 0 aromatic rings. The maximum atomic E-state index is 2.23. The normalized spacial score (nSPS) is 15.8. The molecule has 0 unspecified atom stereocenters. The zero-order chi connectivity index (χ0) is 12.8. The van der Waals surface area contributed by atoms with Gasteiger partial charge in [-0.05, 0) is 58.1 Å². The Hall–Kier alpha value is 0.423. The largest absolute Gasteiger partial charge is 2.00 e. The van der Waals surface area contributed by atoms with E-state index in [-0.39, 0.29) is 51.0 Å². The number of allylic oxidation sites excluding steroid dienone is 8. The molecule has 0 radical (unpaired) electrons. The summed E-state index contributed by atoms with van der Waals surface area (Å²) < 4.78 is 0. The van der Waals surface area contributed by atoms with Crippen LogP contribution >= 0.6 is 0 Å². The molecule has 2 aliphatic carbocycles. The van der Waals surface area contributed by atoms with Crippen LogP contribution in [-0.4, -0.2) is 0 Å². The van der Waals surface area contributed by atoms with Gasteiger partial charge < -0.3 is 24.8 Å². The summed E-state index contributed by atoms with van der Waals surface area (Å²) in [5, 5.41) is 0. The maximum absolute atomic E-state index is 2.23. The Bertz CT molecular complexity index is 379. The van der Waals surface area contributed by atoms with Crippen LogP contribution in [0.2, 0.25) is 0 Å². The fourth-order valence-electron chi connectivity index (χ4n) is 2.30. The van der Waals surface area contributed by atoms with Crippen LogP contribution in [0.25, 0.3) is 0 Å². The third-order valence-corrected chi connectivity index (χ3v) is 3.79. The van der Waals surface area contributed by atoms with Crippen LogP contribution in [-0.2, 0) is 26.2 Å². The van der Waals surface area contributed by atoms with Gasteiger partial charge in [0.25, 0.3) is 0 Å². The molecule has 0 saturated carbocycles. The van der Waals surface area contributed by atoms with Crippen molar-refractivity contribution in [3.63, 3.8) is 0 Å². The molecule has 0 bridgehead atoms. The molecule has 0 N–H and O–H groups in total. The average Bonchev–Trinajstić information content (AvgIpc) is 2.87. The van der Waals surface area contributed by atoms with Crippen molar-refractivity contribution >= 4 is 0 Å². The monoisotopic (exact) mass is 390 g/mol. The van der Waals surface area contributed by atoms with Crippen molar-refractivity contribution in [1.82, 2.24) is 0 Å². The first-order chi connectivity index (χ1) is 8.06. The van der Waals surface area contributed by atoms with Gasteiger partial charge in [-0.3, -0.25) is 0 Å². The van der Waals surface area contributed by atoms with Gasteiger partial charge in [-0.25, -0.2) is 0 Å². The van der Waals surface area contributed by atoms with Crippen molar-refractivity contribution in [1.29, 1.82) is 0 Å². The minimum atomic E-state index is 0. The van der Waals surface area contributed by atoms with E-state index < -0.39 is 0 Å². The molecule has 0 amide bonds. The summed E-state index contributed by atoms with van der Waals surface area (Å²) in [6.45, 7) is 11.1. The molecule has 0 atom stereocenters. The molecule has 0 nitrogen and oxygen atoms in total. The third-order valence-electron chi connectivity index (χ3n) is 3.79. The Morgan fingerprint density at radius 1 is 0.950 bits per heavy atom. The zero-order valence-corrected chi connectivity index (χ0v) is 17.3. The SMILES string of the molecule is CC1=C(C)C(C)=C(C)C1.CCCC1=CC=CC1.[Cl-].[Cl-].[Zr+2]. The van der Waals surface area contributed by atoms with Crippen molar-refractivity contribution < 1.29 is 51.0 Å². The van der Waals surface area contributed by atoms with Crippen molar-refractivity contribution in [2.75, 3.05) is 0 Å². The van der Waals surface area contributed by atoms with Crippen LogP contribution < -0.4 is 24.8 Å². The molecule has 0 aromatic heterocycles. The minimum Gasteiger partial charge on any atom is -1.00 e. The maximum Gasteiger partial charge on any atom is 2.00 e. The smallest absolute Gasteiger partial charge is 1.00 e. The van der Waals surface area contributed by atoms with Gasteiger partial charge in [0.2, 0.25) is 0 Å². The summed E-state index contributed by atoms with van der Waals surface area (Å²) in [6.07, 6.45) is 11.6. The van der Waals surface area contributed by atoms with Crippen LogP contribution in [0.1, 0.15) is 60.3 Å². The molecule has 20 heavy (non-hydrogen) atoms. The van der Waals surface area contributed by atoms with Crippen LogP contribution in [0.15, 0.2) is 46.1 Å². The molecule has 112 valence electrons. The summed E-state index contributed by atoms with van der Waals surface area (Å²) in [4.78, 5) is 0. The van der Waals surface area contributed by atoms with Gasteiger partial charge in [-0.1, -0.05) is 48.3 Å². The number of halogens is 2. The van der Waals surface area contributed by atoms with Crippen molar-refractivity contribution in [3.05, 3.63) is 46.1 Å². The summed E-state index contributed by atoms with van der Waals surface area (Å²) in [5.74, 6) is 0. The molecule has 3 heteroatoms. The second-order valence-corrected chi connectivity index (χ2v) is 5.19. The molecular weight excluding hydrogens is 366 g/mol. The van der Waals surface area contributed by atoms with E-state index in [9.17, 15) is 0 Å². The van der Waals surface area contributed by atoms with Gasteiger partial charge in [-0.2, -0.15) is 0 Å². The van der Waals surface area contributed by atoms with E-state index in [1.807, 2.05) is 0 Å². The topological polar surface area (TPSA) is 0 Å². The Kier molecular flexibility index (Phi) is 16.6. The predicted molar refractivity (Wildman–Crippen MR) is 78.1 cm³/mol. The predicted octanol–water partition coefficient (Wildman–Crippen LogP) is -0.259. The van der Waals surface area contributed by atoms with Crippen LogP contribution in [0.4, 0.5) is 0 Å². The van der Waals surface area contributed by atoms with Crippen molar-refractivity contribution in [3.8, 4) is 0 Å². The molecule has 0 aromatic carbocycles. The molecule has 0 saturated heterocycles. The van der Waals surface area contributed by atoms with E-state index in [1.165, 1.54) is 36.8 Å². The minimum absolute atomic E-state index is 0. The number of hydrogen-bond donors (Lipinski definition) is 0. The van der Waals surface area contributed by atoms with Gasteiger partial charge in [0, 0.05) is 0 Å². The molecule has 0 fully saturated rings. The first kappa shape index (κ1) is 25.4. The van der Waals surface area contributed by atoms with E-state index in [0.29, 0.717) is 0 Å². The van der Waals surface area contributed by atoms with Gasteiger partial charge in [-0.15, -0.1) is 0 Å². The molecule has 0 spiro atoms. The van der Waals surface area contributed by atoms with Crippen molar-refractivity contribution in [2.45, 2.75) is 60.3 Å². The molecule has 2 rings (SSSR count). The van der Waals surface area contributed by atoms with E-state index in [1.54, 1.807) is 16.7 Å². The fraction of sp³-hybridized carbons (Fsp3) is 0.529. The number of rotatable bonds is 2. The van der Waals surface area contributed by atoms with Crippen LogP contribution in [0.5, 0.6) is 0 Å². The second-order valence-electron chi connectivity index (χ2n) is 5.19. The van der Waals surface area contributed by atoms with Crippen LogP contribution in [0.3, 0.4) is 0 Å². The Balaban J connectivity index is -0.000000252. The summed E-state index contributed by atoms with van der Waals surface area (Å²) in [6, 6.07) is 0. The quantitative estimate of drug-likeness (QED) is 0.608. The fourth-order valence-corrected chi connectivity index (χ4v) is 2.30. The first-order valence-corrected chi connectivity index (χ1v) is 6.73. The van der Waals surface area contributed by atoms with Gasteiger partial charge in [0.05, 0.1) is 0 Å². The first-order valence-electron chi connectivity index (χ1n) is 6.73. The molecule has 2 aliphatic rings. The van der Waals surface area contributed by atoms with E-state index in [2.05, 4.69) is 52.8 Å². The molecule has 0 heterocycles.